The predicted octanol–water partition coefficient (Wildman–Crippen LogP) is 1.48. The highest BCUT2D eigenvalue weighted by atomic mass is 32.2. The van der Waals surface area contributed by atoms with E-state index in [1.165, 1.54) is 23.5 Å². The van der Waals surface area contributed by atoms with Crippen molar-refractivity contribution in [1.29, 1.82) is 0 Å². The fourth-order valence-electron chi connectivity index (χ4n) is 1.35. The fourth-order valence-corrected chi connectivity index (χ4v) is 3.74. The van der Waals surface area contributed by atoms with Gasteiger partial charge in [0.1, 0.15) is 0 Å². The summed E-state index contributed by atoms with van der Waals surface area (Å²) in [5.41, 5.74) is 0. The van der Waals surface area contributed by atoms with Crippen LogP contribution in [0.25, 0.3) is 0 Å². The highest BCUT2D eigenvalue weighted by Crippen LogP contribution is 2.22. The molecule has 9 heteroatoms. The summed E-state index contributed by atoms with van der Waals surface area (Å²) in [6, 6.07) is 0. The molecule has 0 saturated carbocycles. The molecular weight excluding hydrogens is 320 g/mol. The van der Waals surface area contributed by atoms with Crippen molar-refractivity contribution >= 4 is 66.6 Å². The molecule has 0 aromatic carbocycles. The van der Waals surface area contributed by atoms with Gasteiger partial charge in [-0.25, -0.2) is 8.42 Å². The van der Waals surface area contributed by atoms with Crippen molar-refractivity contribution in [2.24, 2.45) is 0 Å². The summed E-state index contributed by atoms with van der Waals surface area (Å²) in [4.78, 5) is 0. The first kappa shape index (κ1) is 15.5. The SMILES string of the molecule is CSC(=S)O[C@H]1CS(=O)(=O)C[C@@H]1OC(=S)SC. The molecule has 2 atom stereocenters. The molecule has 1 aliphatic rings. The van der Waals surface area contributed by atoms with Gasteiger partial charge < -0.3 is 9.47 Å². The lowest BCUT2D eigenvalue weighted by Gasteiger charge is -2.20. The van der Waals surface area contributed by atoms with Gasteiger partial charge in [0.25, 0.3) is 0 Å². The van der Waals surface area contributed by atoms with E-state index in [0.717, 1.165) is 0 Å². The third-order valence-corrected chi connectivity index (χ3v) is 5.80. The normalized spacial score (nSPS) is 26.5. The summed E-state index contributed by atoms with van der Waals surface area (Å²) in [5, 5.41) is 0. The topological polar surface area (TPSA) is 52.6 Å². The summed E-state index contributed by atoms with van der Waals surface area (Å²) in [5.74, 6) is -0.148. The Bertz CT molecular complexity index is 372. The molecule has 98 valence electrons. The van der Waals surface area contributed by atoms with Crippen molar-refractivity contribution < 1.29 is 17.9 Å². The van der Waals surface area contributed by atoms with Crippen LogP contribution in [0.3, 0.4) is 0 Å². The first-order chi connectivity index (χ1) is 7.88. The van der Waals surface area contributed by atoms with Gasteiger partial charge in [-0.05, 0) is 36.9 Å². The zero-order chi connectivity index (χ0) is 13.1. The molecule has 4 nitrogen and oxygen atoms in total. The molecular formula is C8H12O4S5. The minimum Gasteiger partial charge on any atom is -0.470 e. The van der Waals surface area contributed by atoms with Crippen LogP contribution in [0.1, 0.15) is 0 Å². The Labute approximate surface area is 120 Å². The molecule has 1 fully saturated rings. The van der Waals surface area contributed by atoms with Gasteiger partial charge in [0.15, 0.2) is 22.0 Å². The molecule has 0 aromatic heterocycles. The summed E-state index contributed by atoms with van der Waals surface area (Å²) >= 11 is 12.3. The lowest BCUT2D eigenvalue weighted by atomic mass is 10.3. The van der Waals surface area contributed by atoms with Gasteiger partial charge in [0.2, 0.25) is 8.77 Å². The van der Waals surface area contributed by atoms with Crippen LogP contribution in [0.2, 0.25) is 0 Å². The third kappa shape index (κ3) is 4.90. The number of thioether (sulfide) groups is 2. The Hall–Kier alpha value is 0.430. The molecule has 0 spiro atoms. The lowest BCUT2D eigenvalue weighted by molar-refractivity contribution is 0.0865. The highest BCUT2D eigenvalue weighted by Gasteiger charge is 2.41. The largest absolute Gasteiger partial charge is 0.470 e. The van der Waals surface area contributed by atoms with E-state index in [2.05, 4.69) is 0 Å². The van der Waals surface area contributed by atoms with Crippen molar-refractivity contribution in [2.45, 2.75) is 12.2 Å². The average Bonchev–Trinajstić information content (AvgIpc) is 2.52. The zero-order valence-corrected chi connectivity index (χ0v) is 13.3. The predicted molar refractivity (Wildman–Crippen MR) is 80.6 cm³/mol. The Kier molecular flexibility index (Phi) is 5.97. The first-order valence-electron chi connectivity index (χ1n) is 4.57. The van der Waals surface area contributed by atoms with Gasteiger partial charge in [-0.2, -0.15) is 0 Å². The van der Waals surface area contributed by atoms with E-state index in [1.807, 2.05) is 0 Å². The molecule has 0 radical (unpaired) electrons. The van der Waals surface area contributed by atoms with Crippen LogP contribution in [0, 0.1) is 0 Å². The average molecular weight is 333 g/mol. The van der Waals surface area contributed by atoms with Crippen LogP contribution >= 0.6 is 48.0 Å². The van der Waals surface area contributed by atoms with Crippen molar-refractivity contribution in [2.75, 3.05) is 24.0 Å². The van der Waals surface area contributed by atoms with E-state index < -0.39 is 22.0 Å². The molecule has 1 aliphatic heterocycles. The zero-order valence-electron chi connectivity index (χ0n) is 9.24. The maximum Gasteiger partial charge on any atom is 0.220 e. The second kappa shape index (κ2) is 6.55. The van der Waals surface area contributed by atoms with Gasteiger partial charge in [-0.1, -0.05) is 23.5 Å². The number of ether oxygens (including phenoxy) is 2. The quantitative estimate of drug-likeness (QED) is 0.705. The van der Waals surface area contributed by atoms with Gasteiger partial charge >= 0.3 is 0 Å². The van der Waals surface area contributed by atoms with E-state index in [9.17, 15) is 8.42 Å². The minimum atomic E-state index is -3.14. The maximum absolute atomic E-state index is 11.5. The van der Waals surface area contributed by atoms with Crippen LogP contribution in [-0.4, -0.2) is 53.4 Å². The maximum atomic E-state index is 11.5. The Morgan fingerprint density at radius 2 is 1.41 bits per heavy atom. The Balaban J connectivity index is 2.71. The van der Waals surface area contributed by atoms with Crippen LogP contribution in [0.15, 0.2) is 0 Å². The van der Waals surface area contributed by atoms with E-state index in [-0.39, 0.29) is 11.5 Å². The standard InChI is InChI=1S/C8H12O4S5/c1-15-7(13)11-5-3-17(9,10)4-6(5)12-8(14)16-2/h5-6H,3-4H2,1-2H3/t5-,6-/m0/s1. The first-order valence-corrected chi connectivity index (χ1v) is 9.66. The molecule has 1 heterocycles. The molecule has 17 heavy (non-hydrogen) atoms. The number of sulfone groups is 1. The summed E-state index contributed by atoms with van der Waals surface area (Å²) in [7, 11) is -3.14. The van der Waals surface area contributed by atoms with Crippen molar-refractivity contribution in [3.63, 3.8) is 0 Å². The second-order valence-corrected chi connectivity index (χ2v) is 8.27. The number of rotatable bonds is 2. The summed E-state index contributed by atoms with van der Waals surface area (Å²) in [6.45, 7) is 0. The Morgan fingerprint density at radius 1 is 1.06 bits per heavy atom. The van der Waals surface area contributed by atoms with Gasteiger partial charge in [0.05, 0.1) is 11.5 Å². The molecule has 0 bridgehead atoms. The lowest BCUT2D eigenvalue weighted by Crippen LogP contribution is -2.32. The monoisotopic (exact) mass is 332 g/mol. The van der Waals surface area contributed by atoms with Crippen LogP contribution in [0.4, 0.5) is 0 Å². The molecule has 0 unspecified atom stereocenters. The highest BCUT2D eigenvalue weighted by molar-refractivity contribution is 8.22. The molecule has 0 aliphatic carbocycles. The molecule has 1 rings (SSSR count). The Morgan fingerprint density at radius 3 is 1.71 bits per heavy atom. The molecule has 0 N–H and O–H groups in total. The summed E-state index contributed by atoms with van der Waals surface area (Å²) < 4.78 is 34.4. The van der Waals surface area contributed by atoms with Crippen molar-refractivity contribution in [3.05, 3.63) is 0 Å². The number of thiocarbonyl (C=S) groups is 2. The minimum absolute atomic E-state index is 0.0740. The van der Waals surface area contributed by atoms with Crippen LogP contribution < -0.4 is 0 Å². The van der Waals surface area contributed by atoms with E-state index in [4.69, 9.17) is 33.9 Å². The third-order valence-electron chi connectivity index (χ3n) is 2.08. The van der Waals surface area contributed by atoms with E-state index in [1.54, 1.807) is 12.5 Å². The number of hydrogen-bond acceptors (Lipinski definition) is 8. The molecule has 1 saturated heterocycles. The smallest absolute Gasteiger partial charge is 0.220 e. The van der Waals surface area contributed by atoms with Gasteiger partial charge in [0, 0.05) is 0 Å². The second-order valence-electron chi connectivity index (χ2n) is 3.30. The van der Waals surface area contributed by atoms with Crippen LogP contribution in [0.5, 0.6) is 0 Å². The van der Waals surface area contributed by atoms with E-state index in [0.29, 0.717) is 8.77 Å². The molecule has 0 aromatic rings. The molecule has 0 amide bonds. The van der Waals surface area contributed by atoms with Crippen molar-refractivity contribution in [1.82, 2.24) is 0 Å². The van der Waals surface area contributed by atoms with Crippen molar-refractivity contribution in [3.8, 4) is 0 Å². The summed E-state index contributed by atoms with van der Waals surface area (Å²) in [6.07, 6.45) is 2.41. The van der Waals surface area contributed by atoms with Gasteiger partial charge in [-0.3, -0.25) is 0 Å². The van der Waals surface area contributed by atoms with Crippen LogP contribution in [-0.2, 0) is 19.3 Å². The fraction of sp³-hybridized carbons (Fsp3) is 0.750. The van der Waals surface area contributed by atoms with E-state index >= 15 is 0 Å². The number of hydrogen-bond donors (Lipinski definition) is 0. The van der Waals surface area contributed by atoms with Gasteiger partial charge in [-0.15, -0.1) is 0 Å².